The molecule has 1 aliphatic carbocycles. The van der Waals surface area contributed by atoms with E-state index >= 15 is 0 Å². The standard InChI is InChI=1S/C12H14O/c1-8-5-10(6-8)12-4-3-11(13)7-9(12)2/h3-5,7-8,13H,6H2,1-2H3. The van der Waals surface area contributed by atoms with Crippen molar-refractivity contribution < 1.29 is 5.11 Å². The Morgan fingerprint density at radius 1 is 1.38 bits per heavy atom. The molecule has 0 saturated carbocycles. The maximum absolute atomic E-state index is 9.24. The van der Waals surface area contributed by atoms with Gasteiger partial charge in [0.15, 0.2) is 0 Å². The van der Waals surface area contributed by atoms with E-state index in [4.69, 9.17) is 0 Å². The molecule has 1 nitrogen and oxygen atoms in total. The van der Waals surface area contributed by atoms with Gasteiger partial charge >= 0.3 is 0 Å². The van der Waals surface area contributed by atoms with Crippen LogP contribution in [0, 0.1) is 12.8 Å². The minimum Gasteiger partial charge on any atom is -0.508 e. The van der Waals surface area contributed by atoms with Gasteiger partial charge in [0.2, 0.25) is 0 Å². The summed E-state index contributed by atoms with van der Waals surface area (Å²) in [7, 11) is 0. The highest BCUT2D eigenvalue weighted by molar-refractivity contribution is 5.73. The molecule has 0 amide bonds. The summed E-state index contributed by atoms with van der Waals surface area (Å²) < 4.78 is 0. The molecule has 0 fully saturated rings. The van der Waals surface area contributed by atoms with Crippen molar-refractivity contribution in [2.24, 2.45) is 5.92 Å². The first-order valence-corrected chi connectivity index (χ1v) is 4.67. The molecule has 68 valence electrons. The molecule has 0 spiro atoms. The van der Waals surface area contributed by atoms with Crippen molar-refractivity contribution in [2.75, 3.05) is 0 Å². The lowest BCUT2D eigenvalue weighted by molar-refractivity contribution is 0.475. The second kappa shape index (κ2) is 2.91. The Labute approximate surface area is 78.7 Å². The zero-order valence-corrected chi connectivity index (χ0v) is 8.04. The van der Waals surface area contributed by atoms with E-state index in [-0.39, 0.29) is 0 Å². The molecule has 1 atom stereocenters. The van der Waals surface area contributed by atoms with Crippen molar-refractivity contribution >= 4 is 5.57 Å². The Morgan fingerprint density at radius 3 is 2.62 bits per heavy atom. The van der Waals surface area contributed by atoms with Gasteiger partial charge in [-0.2, -0.15) is 0 Å². The number of phenolic OH excluding ortho intramolecular Hbond substituents is 1. The van der Waals surface area contributed by atoms with Crippen molar-refractivity contribution in [2.45, 2.75) is 20.3 Å². The summed E-state index contributed by atoms with van der Waals surface area (Å²) in [5.41, 5.74) is 3.87. The number of hydrogen-bond donors (Lipinski definition) is 1. The van der Waals surface area contributed by atoms with Gasteiger partial charge in [-0.3, -0.25) is 0 Å². The van der Waals surface area contributed by atoms with Gasteiger partial charge in [-0.05, 0) is 48.1 Å². The van der Waals surface area contributed by atoms with E-state index in [0.29, 0.717) is 5.75 Å². The number of rotatable bonds is 1. The van der Waals surface area contributed by atoms with Crippen LogP contribution < -0.4 is 0 Å². The van der Waals surface area contributed by atoms with Crippen molar-refractivity contribution in [3.8, 4) is 5.75 Å². The summed E-state index contributed by atoms with van der Waals surface area (Å²) in [5.74, 6) is 1.08. The highest BCUT2D eigenvalue weighted by Gasteiger charge is 2.17. The normalized spacial score (nSPS) is 20.8. The van der Waals surface area contributed by atoms with Gasteiger partial charge in [-0.1, -0.05) is 19.1 Å². The molecule has 0 saturated heterocycles. The van der Waals surface area contributed by atoms with Crippen LogP contribution >= 0.6 is 0 Å². The molecule has 0 bridgehead atoms. The quantitative estimate of drug-likeness (QED) is 0.693. The summed E-state index contributed by atoms with van der Waals surface area (Å²) >= 11 is 0. The van der Waals surface area contributed by atoms with E-state index in [9.17, 15) is 5.11 Å². The van der Waals surface area contributed by atoms with Gasteiger partial charge in [-0.25, -0.2) is 0 Å². The second-order valence-corrected chi connectivity index (χ2v) is 3.87. The molecule has 1 unspecified atom stereocenters. The first-order chi connectivity index (χ1) is 6.16. The number of aryl methyl sites for hydroxylation is 1. The van der Waals surface area contributed by atoms with Gasteiger partial charge in [0.25, 0.3) is 0 Å². The number of aromatic hydroxyl groups is 1. The summed E-state index contributed by atoms with van der Waals surface area (Å²) in [6.45, 7) is 4.26. The third kappa shape index (κ3) is 1.46. The maximum Gasteiger partial charge on any atom is 0.115 e. The van der Waals surface area contributed by atoms with Crippen LogP contribution in [0.3, 0.4) is 0 Å². The van der Waals surface area contributed by atoms with Crippen molar-refractivity contribution in [3.05, 3.63) is 35.4 Å². The molecule has 1 aliphatic rings. The maximum atomic E-state index is 9.24. The zero-order valence-electron chi connectivity index (χ0n) is 8.04. The zero-order chi connectivity index (χ0) is 9.42. The summed E-state index contributed by atoms with van der Waals surface area (Å²) in [6, 6.07) is 5.58. The first kappa shape index (κ1) is 8.36. The smallest absolute Gasteiger partial charge is 0.115 e. The monoisotopic (exact) mass is 174 g/mol. The average molecular weight is 174 g/mol. The SMILES string of the molecule is Cc1cc(O)ccc1C1=CC(C)C1. The molecular weight excluding hydrogens is 160 g/mol. The predicted octanol–water partition coefficient (Wildman–Crippen LogP) is 3.12. The first-order valence-electron chi connectivity index (χ1n) is 4.67. The van der Waals surface area contributed by atoms with Crippen LogP contribution in [0.2, 0.25) is 0 Å². The topological polar surface area (TPSA) is 20.2 Å². The van der Waals surface area contributed by atoms with Crippen LogP contribution in [0.4, 0.5) is 0 Å². The molecule has 0 aliphatic heterocycles. The van der Waals surface area contributed by atoms with Crippen LogP contribution in [0.15, 0.2) is 24.3 Å². The second-order valence-electron chi connectivity index (χ2n) is 3.87. The lowest BCUT2D eigenvalue weighted by Gasteiger charge is -2.23. The Hall–Kier alpha value is -1.24. The van der Waals surface area contributed by atoms with E-state index in [1.54, 1.807) is 6.07 Å². The van der Waals surface area contributed by atoms with E-state index in [1.807, 2.05) is 19.1 Å². The Bertz CT molecular complexity index is 363. The fraction of sp³-hybridized carbons (Fsp3) is 0.333. The largest absolute Gasteiger partial charge is 0.508 e. The molecule has 0 radical (unpaired) electrons. The molecule has 1 heteroatoms. The van der Waals surface area contributed by atoms with Crippen LogP contribution in [-0.4, -0.2) is 5.11 Å². The Kier molecular flexibility index (Phi) is 1.87. The van der Waals surface area contributed by atoms with Crippen LogP contribution in [0.25, 0.3) is 5.57 Å². The lowest BCUT2D eigenvalue weighted by atomic mass is 9.82. The van der Waals surface area contributed by atoms with Crippen LogP contribution in [0.5, 0.6) is 5.75 Å². The van der Waals surface area contributed by atoms with Crippen molar-refractivity contribution in [1.29, 1.82) is 0 Å². The molecule has 0 aromatic heterocycles. The highest BCUT2D eigenvalue weighted by atomic mass is 16.3. The fourth-order valence-corrected chi connectivity index (χ4v) is 1.86. The summed E-state index contributed by atoms with van der Waals surface area (Å²) in [6.07, 6.45) is 3.46. The van der Waals surface area contributed by atoms with Gasteiger partial charge < -0.3 is 5.11 Å². The van der Waals surface area contributed by atoms with E-state index in [1.165, 1.54) is 17.6 Å². The van der Waals surface area contributed by atoms with Crippen LogP contribution in [0.1, 0.15) is 24.5 Å². The van der Waals surface area contributed by atoms with E-state index in [0.717, 1.165) is 11.5 Å². The van der Waals surface area contributed by atoms with E-state index < -0.39 is 0 Å². The Morgan fingerprint density at radius 2 is 2.08 bits per heavy atom. The molecular formula is C12H14O. The third-order valence-electron chi connectivity index (χ3n) is 2.58. The Balaban J connectivity index is 2.37. The third-order valence-corrected chi connectivity index (χ3v) is 2.58. The number of phenols is 1. The van der Waals surface area contributed by atoms with Gasteiger partial charge in [0.05, 0.1) is 0 Å². The van der Waals surface area contributed by atoms with Crippen molar-refractivity contribution in [1.82, 2.24) is 0 Å². The molecule has 1 aromatic carbocycles. The summed E-state index contributed by atoms with van der Waals surface area (Å²) in [5, 5.41) is 9.24. The number of hydrogen-bond acceptors (Lipinski definition) is 1. The van der Waals surface area contributed by atoms with Gasteiger partial charge in [0.1, 0.15) is 5.75 Å². The van der Waals surface area contributed by atoms with Crippen LogP contribution in [-0.2, 0) is 0 Å². The lowest BCUT2D eigenvalue weighted by Crippen LogP contribution is -2.05. The minimum absolute atomic E-state index is 0.356. The average Bonchev–Trinajstić information content (AvgIpc) is 2.00. The fourth-order valence-electron chi connectivity index (χ4n) is 1.86. The van der Waals surface area contributed by atoms with Gasteiger partial charge in [-0.15, -0.1) is 0 Å². The molecule has 1 N–H and O–H groups in total. The number of allylic oxidation sites excluding steroid dienone is 2. The molecule has 1 aromatic rings. The summed E-state index contributed by atoms with van der Waals surface area (Å²) in [4.78, 5) is 0. The minimum atomic E-state index is 0.356. The molecule has 0 heterocycles. The van der Waals surface area contributed by atoms with Gasteiger partial charge in [0, 0.05) is 0 Å². The highest BCUT2D eigenvalue weighted by Crippen LogP contribution is 2.35. The molecule has 13 heavy (non-hydrogen) atoms. The van der Waals surface area contributed by atoms with E-state index in [2.05, 4.69) is 13.0 Å². The van der Waals surface area contributed by atoms with Crippen molar-refractivity contribution in [3.63, 3.8) is 0 Å². The molecule has 2 rings (SSSR count). The number of benzene rings is 1. The predicted molar refractivity (Wildman–Crippen MR) is 54.6 cm³/mol.